The quantitative estimate of drug-likeness (QED) is 0.728. The van der Waals surface area contributed by atoms with Crippen LogP contribution >= 0.6 is 0 Å². The molecule has 128 valence electrons. The van der Waals surface area contributed by atoms with Crippen LogP contribution in [0.1, 0.15) is 5.56 Å². The molecule has 2 aromatic heterocycles. The van der Waals surface area contributed by atoms with Crippen LogP contribution in [0.4, 0.5) is 5.69 Å². The third-order valence-electron chi connectivity index (χ3n) is 3.87. The van der Waals surface area contributed by atoms with Gasteiger partial charge in [-0.3, -0.25) is 4.79 Å². The molecule has 0 unspecified atom stereocenters. The maximum Gasteiger partial charge on any atom is 0.262 e. The van der Waals surface area contributed by atoms with E-state index in [1.54, 1.807) is 23.0 Å². The lowest BCUT2D eigenvalue weighted by Gasteiger charge is -2.18. The molecule has 25 heavy (non-hydrogen) atoms. The first kappa shape index (κ1) is 15.6. The van der Waals surface area contributed by atoms with Gasteiger partial charge in [-0.1, -0.05) is 6.07 Å². The number of nitrogens with one attached hydrogen (secondary N) is 2. The van der Waals surface area contributed by atoms with E-state index in [2.05, 4.69) is 15.1 Å². The highest BCUT2D eigenvalue weighted by Crippen LogP contribution is 2.30. The number of benzene rings is 1. The number of nitrogens with zero attached hydrogens (tertiary/aromatic N) is 2. The molecule has 3 aromatic rings. The van der Waals surface area contributed by atoms with Gasteiger partial charge in [-0.25, -0.2) is 17.7 Å². The highest BCUT2D eigenvalue weighted by molar-refractivity contribution is 7.89. The third-order valence-corrected chi connectivity index (χ3v) is 5.27. The summed E-state index contributed by atoms with van der Waals surface area (Å²) >= 11 is 0. The van der Waals surface area contributed by atoms with Gasteiger partial charge in [0, 0.05) is 18.9 Å². The molecule has 2 N–H and O–H groups in total. The molecule has 0 fully saturated rings. The maximum atomic E-state index is 12.6. The van der Waals surface area contributed by atoms with E-state index in [4.69, 9.17) is 4.74 Å². The van der Waals surface area contributed by atoms with E-state index in [9.17, 15) is 13.2 Å². The van der Waals surface area contributed by atoms with Crippen LogP contribution in [-0.4, -0.2) is 30.5 Å². The summed E-state index contributed by atoms with van der Waals surface area (Å²) in [6, 6.07) is 9.80. The molecule has 0 aliphatic carbocycles. The molecule has 1 aromatic carbocycles. The van der Waals surface area contributed by atoms with E-state index in [0.717, 1.165) is 11.1 Å². The normalized spacial score (nSPS) is 14.0. The lowest BCUT2D eigenvalue weighted by atomic mass is 10.2. The lowest BCUT2D eigenvalue weighted by Crippen LogP contribution is -2.27. The van der Waals surface area contributed by atoms with Gasteiger partial charge in [-0.2, -0.15) is 5.10 Å². The van der Waals surface area contributed by atoms with Gasteiger partial charge in [0.2, 0.25) is 10.0 Å². The van der Waals surface area contributed by atoms with Crippen LogP contribution in [0.15, 0.2) is 53.7 Å². The number of carbonyl (C=O) groups excluding carboxylic acids is 1. The van der Waals surface area contributed by atoms with Gasteiger partial charge in [0.05, 0.1) is 16.1 Å². The highest BCUT2D eigenvalue weighted by atomic mass is 32.2. The number of sulfonamides is 1. The number of carbonyl (C=O) groups is 1. The Balaban J connectivity index is 1.59. The predicted octanol–water partition coefficient (Wildman–Crippen LogP) is 1.14. The van der Waals surface area contributed by atoms with Gasteiger partial charge in [-0.15, -0.1) is 0 Å². The molecule has 8 nitrogen and oxygen atoms in total. The number of aromatic nitrogens is 2. The van der Waals surface area contributed by atoms with Gasteiger partial charge in [0.25, 0.3) is 5.91 Å². The largest absolute Gasteiger partial charge is 0.482 e. The lowest BCUT2D eigenvalue weighted by molar-refractivity contribution is -0.118. The number of rotatable bonds is 4. The Bertz CT molecular complexity index is 1070. The molecular weight excluding hydrogens is 344 g/mol. The fraction of sp³-hybridized carbons (Fsp3) is 0.125. The average Bonchev–Trinajstić information content (AvgIpc) is 3.08. The molecule has 1 aliphatic rings. The van der Waals surface area contributed by atoms with Crippen molar-refractivity contribution in [3.63, 3.8) is 0 Å². The Morgan fingerprint density at radius 1 is 1.28 bits per heavy atom. The van der Waals surface area contributed by atoms with Crippen LogP contribution in [0, 0.1) is 0 Å². The zero-order valence-corrected chi connectivity index (χ0v) is 13.8. The average molecular weight is 358 g/mol. The van der Waals surface area contributed by atoms with Crippen LogP contribution < -0.4 is 14.8 Å². The number of pyridine rings is 1. The second-order valence-corrected chi connectivity index (χ2v) is 7.28. The SMILES string of the molecule is O=C1COc2ccc(S(=O)(=O)NCc3cccn4nccc34)cc2N1. The first-order valence-corrected chi connectivity index (χ1v) is 8.99. The van der Waals surface area contributed by atoms with Gasteiger partial charge in [0.1, 0.15) is 5.75 Å². The van der Waals surface area contributed by atoms with E-state index in [-0.39, 0.29) is 24.0 Å². The van der Waals surface area contributed by atoms with E-state index in [0.29, 0.717) is 11.4 Å². The summed E-state index contributed by atoms with van der Waals surface area (Å²) in [7, 11) is -3.75. The van der Waals surface area contributed by atoms with Crippen LogP contribution in [-0.2, 0) is 21.4 Å². The zero-order chi connectivity index (χ0) is 17.4. The summed E-state index contributed by atoms with van der Waals surface area (Å²) in [4.78, 5) is 11.4. The zero-order valence-electron chi connectivity index (χ0n) is 13.0. The topological polar surface area (TPSA) is 102 Å². The number of hydrogen-bond donors (Lipinski definition) is 2. The van der Waals surface area contributed by atoms with Crippen molar-refractivity contribution in [1.82, 2.24) is 14.3 Å². The van der Waals surface area contributed by atoms with Crippen LogP contribution in [0.3, 0.4) is 0 Å². The molecule has 0 saturated heterocycles. The summed E-state index contributed by atoms with van der Waals surface area (Å²) in [6.07, 6.45) is 3.44. The first-order chi connectivity index (χ1) is 12.0. The monoisotopic (exact) mass is 358 g/mol. The number of fused-ring (bicyclic) bond motifs is 2. The van der Waals surface area contributed by atoms with Crippen molar-refractivity contribution in [2.45, 2.75) is 11.4 Å². The Hall–Kier alpha value is -2.91. The molecule has 0 radical (unpaired) electrons. The Kier molecular flexibility index (Phi) is 3.66. The fourth-order valence-electron chi connectivity index (χ4n) is 2.65. The summed E-state index contributed by atoms with van der Waals surface area (Å²) in [5.74, 6) is 0.130. The van der Waals surface area contributed by atoms with Gasteiger partial charge >= 0.3 is 0 Å². The fourth-order valence-corrected chi connectivity index (χ4v) is 3.68. The van der Waals surface area contributed by atoms with Crippen LogP contribution in [0.2, 0.25) is 0 Å². The van der Waals surface area contributed by atoms with E-state index < -0.39 is 10.0 Å². The van der Waals surface area contributed by atoms with E-state index in [1.165, 1.54) is 18.2 Å². The van der Waals surface area contributed by atoms with Crippen molar-refractivity contribution in [3.8, 4) is 5.75 Å². The Morgan fingerprint density at radius 3 is 3.04 bits per heavy atom. The molecule has 0 saturated carbocycles. The van der Waals surface area contributed by atoms with Crippen molar-refractivity contribution in [3.05, 3.63) is 54.4 Å². The van der Waals surface area contributed by atoms with Crippen molar-refractivity contribution < 1.29 is 17.9 Å². The van der Waals surface area contributed by atoms with E-state index >= 15 is 0 Å². The van der Waals surface area contributed by atoms with Crippen LogP contribution in [0.25, 0.3) is 5.52 Å². The summed E-state index contributed by atoms with van der Waals surface area (Å²) in [6.45, 7) is 0.0466. The molecular formula is C16H14N4O4S. The molecule has 0 atom stereocenters. The highest BCUT2D eigenvalue weighted by Gasteiger charge is 2.21. The summed E-state index contributed by atoms with van der Waals surface area (Å²) < 4.78 is 34.6. The van der Waals surface area contributed by atoms with Crippen molar-refractivity contribution >= 4 is 27.1 Å². The Labute approximate surface area is 143 Å². The Morgan fingerprint density at radius 2 is 2.16 bits per heavy atom. The second-order valence-electron chi connectivity index (χ2n) is 5.51. The van der Waals surface area contributed by atoms with Crippen LogP contribution in [0.5, 0.6) is 5.75 Å². The smallest absolute Gasteiger partial charge is 0.262 e. The third kappa shape index (κ3) is 2.94. The van der Waals surface area contributed by atoms with E-state index in [1.807, 2.05) is 12.1 Å². The minimum atomic E-state index is -3.75. The predicted molar refractivity (Wildman–Crippen MR) is 89.8 cm³/mol. The molecule has 0 spiro atoms. The minimum Gasteiger partial charge on any atom is -0.482 e. The standard InChI is InChI=1S/C16H14N4O4S/c21-16-10-24-15-4-3-12(8-13(15)19-16)25(22,23)18-9-11-2-1-7-20-14(11)5-6-17-20/h1-8,18H,9-10H2,(H,19,21). The van der Waals surface area contributed by atoms with Gasteiger partial charge in [0.15, 0.2) is 6.61 Å². The molecule has 0 bridgehead atoms. The number of amides is 1. The molecule has 3 heterocycles. The molecule has 4 rings (SSSR count). The van der Waals surface area contributed by atoms with Gasteiger partial charge in [-0.05, 0) is 35.9 Å². The first-order valence-electron chi connectivity index (χ1n) is 7.50. The van der Waals surface area contributed by atoms with Crippen molar-refractivity contribution in [2.75, 3.05) is 11.9 Å². The second kappa shape index (κ2) is 5.87. The summed E-state index contributed by atoms with van der Waals surface area (Å²) in [5.41, 5.74) is 1.98. The minimum absolute atomic E-state index is 0.0532. The molecule has 9 heteroatoms. The van der Waals surface area contributed by atoms with Gasteiger partial charge < -0.3 is 10.1 Å². The van der Waals surface area contributed by atoms with Crippen molar-refractivity contribution in [1.29, 1.82) is 0 Å². The maximum absolute atomic E-state index is 12.6. The molecule has 1 aliphatic heterocycles. The number of ether oxygens (including phenoxy) is 1. The number of hydrogen-bond acceptors (Lipinski definition) is 5. The number of anilines is 1. The summed E-state index contributed by atoms with van der Waals surface area (Å²) in [5, 5.41) is 6.72. The molecule has 1 amide bonds. The van der Waals surface area contributed by atoms with Crippen molar-refractivity contribution in [2.24, 2.45) is 0 Å².